The number of ether oxygens (including phenoxy) is 1. The summed E-state index contributed by atoms with van der Waals surface area (Å²) in [6.07, 6.45) is 5.74. The largest absolute Gasteiger partial charge is 0.484 e. The van der Waals surface area contributed by atoms with E-state index in [9.17, 15) is 4.79 Å². The molecule has 220 valence electrons. The SMILES string of the molecule is Cc1ccc(-n2nc(C(C)(C)C)cc2NC(=O)N[C@H]2CC[C@@H](Oc3ccc4nnc(C5CC5)n4c3)c3ccccc32)cc1. The number of rotatable bonds is 6. The van der Waals surface area contributed by atoms with E-state index in [4.69, 9.17) is 9.84 Å². The van der Waals surface area contributed by atoms with Crippen molar-refractivity contribution in [2.24, 2.45) is 0 Å². The van der Waals surface area contributed by atoms with E-state index >= 15 is 0 Å². The molecular formula is C34H37N7O2. The van der Waals surface area contributed by atoms with Crippen molar-refractivity contribution in [1.82, 2.24) is 29.7 Å². The molecule has 5 aromatic rings. The third-order valence-electron chi connectivity index (χ3n) is 8.36. The Bertz CT molecular complexity index is 1790. The fraction of sp³-hybridized carbons (Fsp3) is 0.353. The molecule has 0 saturated heterocycles. The standard InChI is InChI=1S/C34H37N7O2/c1-21-9-13-23(14-10-21)41-31(19-29(39-41)34(2,3)4)36-33(42)35-27-16-17-28(26-8-6-5-7-25(26)27)43-24-15-18-30-37-38-32(22-11-12-22)40(30)20-24/h5-10,13-15,18-20,22,27-28H,11-12,16-17H2,1-4H3,(H2,35,36,42)/t27-,28+/m0/s1. The van der Waals surface area contributed by atoms with Gasteiger partial charge in [-0.15, -0.1) is 10.2 Å². The van der Waals surface area contributed by atoms with Crippen molar-refractivity contribution in [2.75, 3.05) is 5.32 Å². The van der Waals surface area contributed by atoms with Crippen LogP contribution in [0.2, 0.25) is 0 Å². The quantitative estimate of drug-likeness (QED) is 0.224. The van der Waals surface area contributed by atoms with E-state index in [0.29, 0.717) is 11.7 Å². The molecule has 0 unspecified atom stereocenters. The van der Waals surface area contributed by atoms with Crippen LogP contribution in [0.3, 0.4) is 0 Å². The lowest BCUT2D eigenvalue weighted by Gasteiger charge is -2.32. The number of anilines is 1. The number of aromatic nitrogens is 5. The third kappa shape index (κ3) is 5.47. The van der Waals surface area contributed by atoms with Gasteiger partial charge in [-0.1, -0.05) is 62.7 Å². The molecule has 2 aliphatic carbocycles. The molecule has 43 heavy (non-hydrogen) atoms. The topological polar surface area (TPSA) is 98.4 Å². The molecule has 7 rings (SSSR count). The van der Waals surface area contributed by atoms with Gasteiger partial charge in [-0.3, -0.25) is 9.72 Å². The fourth-order valence-corrected chi connectivity index (χ4v) is 5.80. The van der Waals surface area contributed by atoms with E-state index in [1.54, 1.807) is 4.68 Å². The van der Waals surface area contributed by atoms with Crippen LogP contribution in [0.1, 0.15) is 92.7 Å². The Morgan fingerprint density at radius 1 is 0.930 bits per heavy atom. The maximum absolute atomic E-state index is 13.4. The molecule has 3 aromatic heterocycles. The Morgan fingerprint density at radius 2 is 1.70 bits per heavy atom. The van der Waals surface area contributed by atoms with Crippen LogP contribution in [0.15, 0.2) is 72.9 Å². The molecule has 1 saturated carbocycles. The number of benzene rings is 2. The summed E-state index contributed by atoms with van der Waals surface area (Å²) in [5, 5.41) is 19.9. The van der Waals surface area contributed by atoms with E-state index < -0.39 is 0 Å². The first kappa shape index (κ1) is 27.2. The van der Waals surface area contributed by atoms with E-state index in [-0.39, 0.29) is 23.6 Å². The van der Waals surface area contributed by atoms with Gasteiger partial charge in [-0.25, -0.2) is 9.48 Å². The minimum absolute atomic E-state index is 0.118. The minimum atomic E-state index is -0.265. The van der Waals surface area contributed by atoms with E-state index in [1.165, 1.54) is 5.56 Å². The van der Waals surface area contributed by atoms with Gasteiger partial charge < -0.3 is 10.1 Å². The van der Waals surface area contributed by atoms with Crippen LogP contribution < -0.4 is 15.4 Å². The Kier molecular flexibility index (Phi) is 6.68. The number of hydrogen-bond acceptors (Lipinski definition) is 5. The normalized spacial score (nSPS) is 18.3. The molecule has 9 heteroatoms. The van der Waals surface area contributed by atoms with E-state index in [2.05, 4.69) is 65.1 Å². The number of urea groups is 1. The van der Waals surface area contributed by atoms with Gasteiger partial charge in [0, 0.05) is 17.4 Å². The number of carbonyl (C=O) groups is 1. The van der Waals surface area contributed by atoms with Crippen molar-refractivity contribution in [3.05, 3.63) is 101 Å². The minimum Gasteiger partial charge on any atom is -0.484 e. The summed E-state index contributed by atoms with van der Waals surface area (Å²) < 4.78 is 10.4. The first-order chi connectivity index (χ1) is 20.7. The maximum Gasteiger partial charge on any atom is 0.320 e. The lowest BCUT2D eigenvalue weighted by atomic mass is 9.85. The predicted octanol–water partition coefficient (Wildman–Crippen LogP) is 7.18. The first-order valence-corrected chi connectivity index (χ1v) is 15.1. The zero-order chi connectivity index (χ0) is 29.7. The summed E-state index contributed by atoms with van der Waals surface area (Å²) in [4.78, 5) is 13.4. The monoisotopic (exact) mass is 575 g/mol. The summed E-state index contributed by atoms with van der Waals surface area (Å²) in [5.74, 6) is 2.93. The van der Waals surface area contributed by atoms with Gasteiger partial charge in [-0.05, 0) is 68.0 Å². The Morgan fingerprint density at radius 3 is 2.44 bits per heavy atom. The van der Waals surface area contributed by atoms with Crippen molar-refractivity contribution < 1.29 is 9.53 Å². The van der Waals surface area contributed by atoms with Gasteiger partial charge in [0.05, 0.1) is 23.6 Å². The summed E-state index contributed by atoms with van der Waals surface area (Å²) >= 11 is 0. The highest BCUT2D eigenvalue weighted by Gasteiger charge is 2.31. The lowest BCUT2D eigenvalue weighted by molar-refractivity contribution is 0.171. The zero-order valence-corrected chi connectivity index (χ0v) is 25.0. The number of nitrogens with one attached hydrogen (secondary N) is 2. The predicted molar refractivity (Wildman–Crippen MR) is 166 cm³/mol. The number of amides is 2. The van der Waals surface area contributed by atoms with Crippen LogP contribution in [0.5, 0.6) is 5.75 Å². The smallest absolute Gasteiger partial charge is 0.320 e. The lowest BCUT2D eigenvalue weighted by Crippen LogP contribution is -2.36. The molecular weight excluding hydrogens is 538 g/mol. The Hall–Kier alpha value is -4.66. The van der Waals surface area contributed by atoms with Crippen molar-refractivity contribution in [1.29, 1.82) is 0 Å². The molecule has 1 fully saturated rings. The highest BCUT2D eigenvalue weighted by Crippen LogP contribution is 2.41. The average Bonchev–Trinajstić information content (AvgIpc) is 3.60. The van der Waals surface area contributed by atoms with E-state index in [0.717, 1.165) is 65.4 Å². The van der Waals surface area contributed by atoms with Crippen LogP contribution in [0.4, 0.5) is 10.6 Å². The number of nitrogens with zero attached hydrogens (tertiary/aromatic N) is 5. The number of carbonyl (C=O) groups excluding carboxylic acids is 1. The summed E-state index contributed by atoms with van der Waals surface area (Å²) in [5.41, 5.74) is 5.80. The highest BCUT2D eigenvalue weighted by atomic mass is 16.5. The van der Waals surface area contributed by atoms with Crippen molar-refractivity contribution >= 4 is 17.5 Å². The summed E-state index contributed by atoms with van der Waals surface area (Å²) in [7, 11) is 0. The van der Waals surface area contributed by atoms with Gasteiger partial charge in [0.2, 0.25) is 0 Å². The van der Waals surface area contributed by atoms with Gasteiger partial charge in [0.15, 0.2) is 5.65 Å². The van der Waals surface area contributed by atoms with Crippen molar-refractivity contribution in [3.63, 3.8) is 0 Å². The molecule has 2 amide bonds. The van der Waals surface area contributed by atoms with Crippen molar-refractivity contribution in [3.8, 4) is 11.4 Å². The van der Waals surface area contributed by atoms with Crippen LogP contribution in [-0.4, -0.2) is 30.4 Å². The second-order valence-corrected chi connectivity index (χ2v) is 12.8. The summed E-state index contributed by atoms with van der Waals surface area (Å²) in [6, 6.07) is 21.8. The average molecular weight is 576 g/mol. The molecule has 9 nitrogen and oxygen atoms in total. The second-order valence-electron chi connectivity index (χ2n) is 12.8. The van der Waals surface area contributed by atoms with Crippen LogP contribution in [0.25, 0.3) is 11.3 Å². The van der Waals surface area contributed by atoms with E-state index in [1.807, 2.05) is 60.8 Å². The van der Waals surface area contributed by atoms with Crippen molar-refractivity contribution in [2.45, 2.75) is 76.9 Å². The molecule has 0 aliphatic heterocycles. The fourth-order valence-electron chi connectivity index (χ4n) is 5.80. The number of pyridine rings is 1. The zero-order valence-electron chi connectivity index (χ0n) is 25.0. The van der Waals surface area contributed by atoms with Gasteiger partial charge in [0.25, 0.3) is 0 Å². The Labute approximate surface area is 251 Å². The first-order valence-electron chi connectivity index (χ1n) is 15.1. The third-order valence-corrected chi connectivity index (χ3v) is 8.36. The molecule has 0 bridgehead atoms. The van der Waals surface area contributed by atoms with Crippen LogP contribution in [-0.2, 0) is 5.41 Å². The molecule has 2 N–H and O–H groups in total. The maximum atomic E-state index is 13.4. The molecule has 3 heterocycles. The number of hydrogen-bond donors (Lipinski definition) is 2. The molecule has 2 atom stereocenters. The molecule has 2 aromatic carbocycles. The summed E-state index contributed by atoms with van der Waals surface area (Å²) in [6.45, 7) is 8.41. The number of aryl methyl sites for hydroxylation is 1. The van der Waals surface area contributed by atoms with Gasteiger partial charge in [-0.2, -0.15) is 5.10 Å². The van der Waals surface area contributed by atoms with Gasteiger partial charge >= 0.3 is 6.03 Å². The molecule has 2 aliphatic rings. The van der Waals surface area contributed by atoms with Crippen LogP contribution in [0, 0.1) is 6.92 Å². The highest BCUT2D eigenvalue weighted by molar-refractivity contribution is 5.89. The van der Waals surface area contributed by atoms with Crippen LogP contribution >= 0.6 is 0 Å². The van der Waals surface area contributed by atoms with Gasteiger partial charge in [0.1, 0.15) is 23.5 Å². The molecule has 0 radical (unpaired) electrons. The Balaban J connectivity index is 1.09. The second kappa shape index (κ2) is 10.6. The molecule has 0 spiro atoms. The number of fused-ring (bicyclic) bond motifs is 2.